The molecule has 0 aromatic heterocycles. The number of carboxylic acid groups (broad SMARTS) is 1. The van der Waals surface area contributed by atoms with Crippen molar-refractivity contribution in [3.8, 4) is 16.9 Å². The minimum absolute atomic E-state index is 0.0392. The van der Waals surface area contributed by atoms with Gasteiger partial charge >= 0.3 is 5.97 Å². The number of rotatable bonds is 4. The maximum Gasteiger partial charge on any atom is 0.335 e. The maximum atomic E-state index is 11.5. The van der Waals surface area contributed by atoms with E-state index in [9.17, 15) is 9.90 Å². The van der Waals surface area contributed by atoms with Crippen LogP contribution in [0.1, 0.15) is 91.9 Å². The molecule has 3 nitrogen and oxygen atoms in total. The summed E-state index contributed by atoms with van der Waals surface area (Å²) in [6.45, 7) is 11.7. The molecule has 194 valence electrons. The molecule has 4 fully saturated rings. The topological polar surface area (TPSA) is 46.5 Å². The van der Waals surface area contributed by atoms with E-state index >= 15 is 0 Å². The van der Waals surface area contributed by atoms with E-state index in [1.165, 1.54) is 71.9 Å². The molecule has 4 aliphatic carbocycles. The van der Waals surface area contributed by atoms with Gasteiger partial charge in [0, 0.05) is 16.5 Å². The summed E-state index contributed by atoms with van der Waals surface area (Å²) in [5.41, 5.74) is 8.80. The van der Waals surface area contributed by atoms with Gasteiger partial charge in [-0.05, 0) is 127 Å². The molecule has 0 heterocycles. The van der Waals surface area contributed by atoms with Crippen molar-refractivity contribution >= 4 is 27.2 Å². The first-order valence-corrected chi connectivity index (χ1v) is 14.8. The van der Waals surface area contributed by atoms with E-state index in [0.717, 1.165) is 34.3 Å². The van der Waals surface area contributed by atoms with Crippen LogP contribution >= 0.6 is 0 Å². The van der Waals surface area contributed by atoms with Gasteiger partial charge in [0.05, 0.1) is 5.56 Å². The van der Waals surface area contributed by atoms with Crippen molar-refractivity contribution in [2.75, 3.05) is 0 Å². The molecule has 37 heavy (non-hydrogen) atoms. The third kappa shape index (κ3) is 3.86. The van der Waals surface area contributed by atoms with Crippen molar-refractivity contribution in [3.63, 3.8) is 0 Å². The maximum absolute atomic E-state index is 11.5. The zero-order valence-electron chi connectivity index (χ0n) is 23.2. The van der Waals surface area contributed by atoms with Crippen LogP contribution in [-0.2, 0) is 10.8 Å². The largest absolute Gasteiger partial charge is 0.553 e. The zero-order chi connectivity index (χ0) is 26.3. The van der Waals surface area contributed by atoms with E-state index < -0.39 is 5.97 Å². The predicted octanol–water partition coefficient (Wildman–Crippen LogP) is 7.25. The van der Waals surface area contributed by atoms with Gasteiger partial charge in [0.15, 0.2) is 0 Å². The SMILES string of the molecule is Cc1c(C)c(C(C)(C)C)c(C23CC4CC(CC(C4)C2)C3)c(O[SiH3])c1-c1ccc2cc(C(=O)O)ccc2c1. The molecule has 4 bridgehead atoms. The highest BCUT2D eigenvalue weighted by molar-refractivity contribution is 6.02. The Morgan fingerprint density at radius 1 is 0.919 bits per heavy atom. The van der Waals surface area contributed by atoms with Gasteiger partial charge in [-0.3, -0.25) is 0 Å². The van der Waals surface area contributed by atoms with E-state index in [0.29, 0.717) is 16.0 Å². The third-order valence-corrected chi connectivity index (χ3v) is 10.3. The van der Waals surface area contributed by atoms with Gasteiger partial charge in [-0.25, -0.2) is 4.79 Å². The quantitative estimate of drug-likeness (QED) is 0.375. The van der Waals surface area contributed by atoms with Crippen LogP contribution in [-0.4, -0.2) is 21.6 Å². The molecular formula is C33H40O3Si. The van der Waals surface area contributed by atoms with E-state index in [1.807, 2.05) is 6.07 Å². The molecule has 4 saturated carbocycles. The molecule has 0 atom stereocenters. The van der Waals surface area contributed by atoms with E-state index in [-0.39, 0.29) is 10.8 Å². The van der Waals surface area contributed by atoms with Crippen LogP contribution in [0.25, 0.3) is 21.9 Å². The highest BCUT2D eigenvalue weighted by Crippen LogP contribution is 2.64. The van der Waals surface area contributed by atoms with Crippen molar-refractivity contribution in [1.29, 1.82) is 0 Å². The Bertz CT molecular complexity index is 1390. The number of benzene rings is 3. The fourth-order valence-corrected chi connectivity index (χ4v) is 9.33. The Morgan fingerprint density at radius 3 is 2.03 bits per heavy atom. The number of fused-ring (bicyclic) bond motifs is 1. The van der Waals surface area contributed by atoms with Crippen LogP contribution in [0.15, 0.2) is 36.4 Å². The normalized spacial score (nSPS) is 26.7. The fraction of sp³-hybridized carbons (Fsp3) is 0.485. The first kappa shape index (κ1) is 24.7. The summed E-state index contributed by atoms with van der Waals surface area (Å²) >= 11 is 0. The predicted molar refractivity (Wildman–Crippen MR) is 155 cm³/mol. The fourth-order valence-electron chi connectivity index (χ4n) is 8.92. The Balaban J connectivity index is 1.62. The lowest BCUT2D eigenvalue weighted by Crippen LogP contribution is -2.49. The number of hydrogen-bond donors (Lipinski definition) is 1. The first-order chi connectivity index (χ1) is 17.5. The summed E-state index contributed by atoms with van der Waals surface area (Å²) in [6.07, 6.45) is 8.25. The molecule has 7 rings (SSSR count). The molecule has 0 saturated heterocycles. The number of aromatic carboxylic acids is 1. The van der Waals surface area contributed by atoms with Crippen LogP contribution in [0.2, 0.25) is 0 Å². The first-order valence-electron chi connectivity index (χ1n) is 14.0. The second-order valence-electron chi connectivity index (χ2n) is 13.4. The Labute approximate surface area is 224 Å². The van der Waals surface area contributed by atoms with E-state index in [4.69, 9.17) is 4.43 Å². The smallest absolute Gasteiger partial charge is 0.335 e. The molecule has 3 aromatic rings. The van der Waals surface area contributed by atoms with Crippen molar-refractivity contribution < 1.29 is 14.3 Å². The summed E-state index contributed by atoms with van der Waals surface area (Å²) in [5, 5.41) is 11.5. The standard InChI is InChI=1S/C33H40O3Si/c1-18-19(2)28(32(3,4)5)29(33-15-20-10-21(16-33)12-22(11-20)17-33)30(36-37)27(18)25-8-6-24-14-26(31(34)35)9-7-23(24)13-25/h6-9,13-14,20-22H,10-12,15-17H2,1-5,37H3,(H,34,35). The Morgan fingerprint density at radius 2 is 1.49 bits per heavy atom. The van der Waals surface area contributed by atoms with Gasteiger partial charge in [0.2, 0.25) is 10.5 Å². The van der Waals surface area contributed by atoms with Crippen LogP contribution in [0, 0.1) is 31.6 Å². The van der Waals surface area contributed by atoms with E-state index in [1.54, 1.807) is 12.1 Å². The van der Waals surface area contributed by atoms with Gasteiger partial charge in [-0.1, -0.05) is 39.0 Å². The van der Waals surface area contributed by atoms with Gasteiger partial charge in [0.1, 0.15) is 5.75 Å². The minimum Gasteiger partial charge on any atom is -0.553 e. The highest BCUT2D eigenvalue weighted by Gasteiger charge is 2.54. The third-order valence-electron chi connectivity index (χ3n) is 9.92. The average Bonchev–Trinajstić information content (AvgIpc) is 2.82. The van der Waals surface area contributed by atoms with Gasteiger partial charge in [-0.15, -0.1) is 0 Å². The molecule has 0 unspecified atom stereocenters. The monoisotopic (exact) mass is 512 g/mol. The van der Waals surface area contributed by atoms with Crippen molar-refractivity contribution in [1.82, 2.24) is 0 Å². The lowest BCUT2D eigenvalue weighted by atomic mass is 9.46. The molecule has 0 radical (unpaired) electrons. The van der Waals surface area contributed by atoms with Crippen LogP contribution < -0.4 is 4.43 Å². The molecule has 4 aliphatic rings. The number of hydrogen-bond acceptors (Lipinski definition) is 2. The van der Waals surface area contributed by atoms with Crippen LogP contribution in [0.3, 0.4) is 0 Å². The molecule has 0 spiro atoms. The second kappa shape index (κ2) is 8.46. The average molecular weight is 513 g/mol. The number of carbonyl (C=O) groups is 1. The zero-order valence-corrected chi connectivity index (χ0v) is 25.2. The highest BCUT2D eigenvalue weighted by atomic mass is 28.2. The molecule has 1 N–H and O–H groups in total. The molecule has 4 heteroatoms. The number of carboxylic acids is 1. The van der Waals surface area contributed by atoms with Crippen LogP contribution in [0.4, 0.5) is 0 Å². The van der Waals surface area contributed by atoms with E-state index in [2.05, 4.69) is 52.8 Å². The van der Waals surface area contributed by atoms with Gasteiger partial charge in [0.25, 0.3) is 0 Å². The Hall–Kier alpha value is -2.59. The Kier molecular flexibility index (Phi) is 5.65. The lowest BCUT2D eigenvalue weighted by Gasteiger charge is -2.58. The van der Waals surface area contributed by atoms with Crippen molar-refractivity contribution in [3.05, 3.63) is 64.2 Å². The molecule has 3 aromatic carbocycles. The van der Waals surface area contributed by atoms with Gasteiger partial charge < -0.3 is 9.53 Å². The summed E-state index contributed by atoms with van der Waals surface area (Å²) in [4.78, 5) is 11.5. The molecular weight excluding hydrogens is 472 g/mol. The summed E-state index contributed by atoms with van der Waals surface area (Å²) < 4.78 is 6.62. The van der Waals surface area contributed by atoms with Crippen molar-refractivity contribution in [2.24, 2.45) is 17.8 Å². The van der Waals surface area contributed by atoms with Crippen LogP contribution in [0.5, 0.6) is 5.75 Å². The minimum atomic E-state index is -0.887. The summed E-state index contributed by atoms with van der Waals surface area (Å²) in [6, 6.07) is 11.9. The summed E-state index contributed by atoms with van der Waals surface area (Å²) in [5.74, 6) is 2.87. The van der Waals surface area contributed by atoms with Gasteiger partial charge in [-0.2, -0.15) is 0 Å². The molecule has 0 amide bonds. The second-order valence-corrected chi connectivity index (χ2v) is 13.8. The lowest BCUT2D eigenvalue weighted by molar-refractivity contribution is -0.00655. The molecule has 0 aliphatic heterocycles. The van der Waals surface area contributed by atoms with Crippen molar-refractivity contribution in [2.45, 2.75) is 84.0 Å². The summed E-state index contributed by atoms with van der Waals surface area (Å²) in [7, 11) is 0.650.